The molecule has 14 heavy (non-hydrogen) atoms. The van der Waals surface area contributed by atoms with E-state index in [9.17, 15) is 0 Å². The van der Waals surface area contributed by atoms with Gasteiger partial charge in [-0.25, -0.2) is 0 Å². The maximum Gasteiger partial charge on any atom is 0.114 e. The zero-order chi connectivity index (χ0) is 10.4. The smallest absolute Gasteiger partial charge is 0.114 e. The Morgan fingerprint density at radius 2 is 2.00 bits per heavy atom. The molecule has 0 saturated heterocycles. The number of allylic oxidation sites excluding steroid dienone is 1. The molecule has 74 valence electrons. The minimum absolute atomic E-state index is 0.0766. The number of rotatable bonds is 4. The summed E-state index contributed by atoms with van der Waals surface area (Å²) in [4.78, 5) is 0. The van der Waals surface area contributed by atoms with Crippen molar-refractivity contribution in [2.45, 2.75) is 20.0 Å². The monoisotopic (exact) mass is 188 g/mol. The molecule has 1 rings (SSSR count). The zero-order valence-electron chi connectivity index (χ0n) is 8.73. The van der Waals surface area contributed by atoms with Crippen LogP contribution in [0.15, 0.2) is 49.2 Å². The van der Waals surface area contributed by atoms with Gasteiger partial charge in [0.05, 0.1) is 6.26 Å². The Labute approximate surface area is 85.7 Å². The van der Waals surface area contributed by atoms with Crippen LogP contribution in [0.4, 0.5) is 0 Å². The van der Waals surface area contributed by atoms with Crippen molar-refractivity contribution in [3.8, 4) is 0 Å². The fourth-order valence-electron chi connectivity index (χ4n) is 1.34. The van der Waals surface area contributed by atoms with E-state index in [0.717, 1.165) is 0 Å². The first-order valence-corrected chi connectivity index (χ1v) is 4.74. The van der Waals surface area contributed by atoms with Crippen LogP contribution in [-0.2, 0) is 4.74 Å². The normalized spacial score (nSPS) is 13.4. The van der Waals surface area contributed by atoms with Gasteiger partial charge in [0.15, 0.2) is 0 Å². The third kappa shape index (κ3) is 3.09. The molecule has 0 radical (unpaired) electrons. The lowest BCUT2D eigenvalue weighted by Crippen LogP contribution is -1.99. The molecule has 0 heterocycles. The van der Waals surface area contributed by atoms with Gasteiger partial charge in [0.25, 0.3) is 0 Å². The van der Waals surface area contributed by atoms with Gasteiger partial charge >= 0.3 is 0 Å². The van der Waals surface area contributed by atoms with Crippen LogP contribution in [0.1, 0.15) is 19.4 Å². The van der Waals surface area contributed by atoms with Gasteiger partial charge in [0, 0.05) is 0 Å². The van der Waals surface area contributed by atoms with Gasteiger partial charge in [-0.3, -0.25) is 0 Å². The fourth-order valence-corrected chi connectivity index (χ4v) is 1.34. The van der Waals surface area contributed by atoms with Crippen LogP contribution in [0.3, 0.4) is 0 Å². The Bertz CT molecular complexity index is 311. The first-order chi connectivity index (χ1) is 6.74. The summed E-state index contributed by atoms with van der Waals surface area (Å²) in [6.45, 7) is 7.61. The summed E-state index contributed by atoms with van der Waals surface area (Å²) in [6, 6.07) is 10.3. The molecule has 0 aliphatic heterocycles. The SMILES string of the molecule is C=COC(C)/C=C(\C)c1ccccc1. The molecule has 0 N–H and O–H groups in total. The second kappa shape index (κ2) is 5.28. The van der Waals surface area contributed by atoms with Gasteiger partial charge < -0.3 is 4.74 Å². The Hall–Kier alpha value is -1.50. The quantitative estimate of drug-likeness (QED) is 0.655. The summed E-state index contributed by atoms with van der Waals surface area (Å²) >= 11 is 0. The molecule has 1 aromatic carbocycles. The molecule has 1 unspecified atom stereocenters. The van der Waals surface area contributed by atoms with Crippen molar-refractivity contribution in [3.05, 3.63) is 54.8 Å². The van der Waals surface area contributed by atoms with Crippen LogP contribution in [0.25, 0.3) is 5.57 Å². The standard InChI is InChI=1S/C13H16O/c1-4-14-12(3)10-11(2)13-8-6-5-7-9-13/h4-10,12H,1H2,2-3H3/b11-10+. The molecule has 1 heteroatoms. The van der Waals surface area contributed by atoms with Crippen LogP contribution in [0.5, 0.6) is 0 Å². The Balaban J connectivity index is 2.74. The molecule has 0 bridgehead atoms. The molecule has 1 aromatic rings. The van der Waals surface area contributed by atoms with Crippen LogP contribution < -0.4 is 0 Å². The van der Waals surface area contributed by atoms with Gasteiger partial charge in [0.1, 0.15) is 6.10 Å². The van der Waals surface area contributed by atoms with Gasteiger partial charge in [-0.1, -0.05) is 36.9 Å². The van der Waals surface area contributed by atoms with E-state index >= 15 is 0 Å². The van der Waals surface area contributed by atoms with E-state index in [1.807, 2.05) is 25.1 Å². The average Bonchev–Trinajstić information content (AvgIpc) is 2.19. The van der Waals surface area contributed by atoms with E-state index in [-0.39, 0.29) is 6.10 Å². The average molecular weight is 188 g/mol. The molecule has 0 aromatic heterocycles. The zero-order valence-corrected chi connectivity index (χ0v) is 8.73. The van der Waals surface area contributed by atoms with Crippen molar-refractivity contribution < 1.29 is 4.74 Å². The van der Waals surface area contributed by atoms with E-state index in [4.69, 9.17) is 4.74 Å². The third-order valence-corrected chi connectivity index (χ3v) is 2.02. The molecule has 0 saturated carbocycles. The van der Waals surface area contributed by atoms with Gasteiger partial charge in [-0.2, -0.15) is 0 Å². The molecular weight excluding hydrogens is 172 g/mol. The fraction of sp³-hybridized carbons (Fsp3) is 0.231. The first-order valence-electron chi connectivity index (χ1n) is 4.74. The van der Waals surface area contributed by atoms with E-state index in [1.165, 1.54) is 17.4 Å². The largest absolute Gasteiger partial charge is 0.495 e. The molecule has 0 spiro atoms. The van der Waals surface area contributed by atoms with Crippen LogP contribution in [0.2, 0.25) is 0 Å². The third-order valence-electron chi connectivity index (χ3n) is 2.02. The summed E-state index contributed by atoms with van der Waals surface area (Å²) in [6.07, 6.45) is 3.63. The number of benzene rings is 1. The number of hydrogen-bond acceptors (Lipinski definition) is 1. The van der Waals surface area contributed by atoms with Crippen molar-refractivity contribution in [1.82, 2.24) is 0 Å². The minimum atomic E-state index is 0.0766. The van der Waals surface area contributed by atoms with Crippen molar-refractivity contribution in [2.24, 2.45) is 0 Å². The lowest BCUT2D eigenvalue weighted by Gasteiger charge is -2.08. The predicted molar refractivity (Wildman–Crippen MR) is 60.8 cm³/mol. The van der Waals surface area contributed by atoms with Crippen molar-refractivity contribution in [2.75, 3.05) is 0 Å². The summed E-state index contributed by atoms with van der Waals surface area (Å²) in [5.41, 5.74) is 2.45. The highest BCUT2D eigenvalue weighted by atomic mass is 16.5. The van der Waals surface area contributed by atoms with E-state index < -0.39 is 0 Å². The summed E-state index contributed by atoms with van der Waals surface area (Å²) in [5, 5.41) is 0. The highest BCUT2D eigenvalue weighted by Crippen LogP contribution is 2.14. The lowest BCUT2D eigenvalue weighted by atomic mass is 10.1. The second-order valence-electron chi connectivity index (χ2n) is 3.22. The van der Waals surface area contributed by atoms with Crippen LogP contribution in [-0.4, -0.2) is 6.10 Å². The van der Waals surface area contributed by atoms with Crippen molar-refractivity contribution in [3.63, 3.8) is 0 Å². The van der Waals surface area contributed by atoms with Crippen LogP contribution in [0, 0.1) is 0 Å². The molecule has 0 amide bonds. The highest BCUT2D eigenvalue weighted by Gasteiger charge is 1.98. The molecule has 0 aliphatic rings. The van der Waals surface area contributed by atoms with E-state index in [0.29, 0.717) is 0 Å². The molecule has 1 nitrogen and oxygen atoms in total. The summed E-state index contributed by atoms with van der Waals surface area (Å²) in [5.74, 6) is 0. The number of hydrogen-bond donors (Lipinski definition) is 0. The molecular formula is C13H16O. The van der Waals surface area contributed by atoms with Gasteiger partial charge in [0.2, 0.25) is 0 Å². The predicted octanol–water partition coefficient (Wildman–Crippen LogP) is 3.64. The molecule has 1 atom stereocenters. The minimum Gasteiger partial charge on any atom is -0.495 e. The van der Waals surface area contributed by atoms with Crippen molar-refractivity contribution in [1.29, 1.82) is 0 Å². The summed E-state index contributed by atoms with van der Waals surface area (Å²) in [7, 11) is 0. The van der Waals surface area contributed by atoms with Crippen LogP contribution >= 0.6 is 0 Å². The molecule has 0 aliphatic carbocycles. The van der Waals surface area contributed by atoms with Gasteiger partial charge in [-0.15, -0.1) is 0 Å². The van der Waals surface area contributed by atoms with E-state index in [2.05, 4.69) is 31.7 Å². The first kappa shape index (κ1) is 10.6. The highest BCUT2D eigenvalue weighted by molar-refractivity contribution is 5.63. The lowest BCUT2D eigenvalue weighted by molar-refractivity contribution is 0.205. The van der Waals surface area contributed by atoms with Crippen molar-refractivity contribution >= 4 is 5.57 Å². The second-order valence-corrected chi connectivity index (χ2v) is 3.22. The van der Waals surface area contributed by atoms with E-state index in [1.54, 1.807) is 0 Å². The Kier molecular flexibility index (Phi) is 3.99. The Morgan fingerprint density at radius 1 is 1.36 bits per heavy atom. The molecule has 0 fully saturated rings. The Morgan fingerprint density at radius 3 is 2.57 bits per heavy atom. The maximum absolute atomic E-state index is 5.22. The van der Waals surface area contributed by atoms with Gasteiger partial charge in [-0.05, 0) is 31.1 Å². The maximum atomic E-state index is 5.22. The summed E-state index contributed by atoms with van der Waals surface area (Å²) < 4.78 is 5.22. The topological polar surface area (TPSA) is 9.23 Å². The number of ether oxygens (including phenoxy) is 1.